The lowest BCUT2D eigenvalue weighted by atomic mass is 10.0. The summed E-state index contributed by atoms with van der Waals surface area (Å²) in [6.07, 6.45) is 2.30. The van der Waals surface area contributed by atoms with Gasteiger partial charge in [0.1, 0.15) is 0 Å². The molecule has 4 heteroatoms. The normalized spacial score (nSPS) is 15.9. The summed E-state index contributed by atoms with van der Waals surface area (Å²) < 4.78 is 0. The third-order valence-electron chi connectivity index (χ3n) is 3.45. The van der Waals surface area contributed by atoms with Gasteiger partial charge in [0.25, 0.3) is 0 Å². The lowest BCUT2D eigenvalue weighted by Crippen LogP contribution is -2.31. The number of amides is 1. The summed E-state index contributed by atoms with van der Waals surface area (Å²) in [5, 5.41) is 9.50. The molecular weight excluding hydrogens is 246 g/mol. The van der Waals surface area contributed by atoms with Crippen molar-refractivity contribution in [1.29, 1.82) is 0 Å². The number of likely N-dealkylation sites (N-methyl/N-ethyl adjacent to an activating group) is 1. The molecule has 18 heavy (non-hydrogen) atoms. The Morgan fingerprint density at radius 1 is 1.56 bits per heavy atom. The summed E-state index contributed by atoms with van der Waals surface area (Å²) in [5.74, 6) is 1.16. The number of carbonyl (C=O) groups is 1. The number of hydrogen-bond acceptors (Lipinski definition) is 3. The minimum Gasteiger partial charge on any atom is -0.394 e. The Bertz CT molecular complexity index is 447. The van der Waals surface area contributed by atoms with Crippen molar-refractivity contribution in [1.82, 2.24) is 4.90 Å². The SMILES string of the molecule is CC(=O)N(C)C(CO)c1ccc2c(c1)CCCS2. The first-order valence-electron chi connectivity index (χ1n) is 6.23. The molecule has 1 amide bonds. The van der Waals surface area contributed by atoms with Gasteiger partial charge in [0.15, 0.2) is 0 Å². The fourth-order valence-corrected chi connectivity index (χ4v) is 3.28. The smallest absolute Gasteiger partial charge is 0.219 e. The van der Waals surface area contributed by atoms with Crippen LogP contribution >= 0.6 is 11.8 Å². The molecule has 98 valence electrons. The summed E-state index contributed by atoms with van der Waals surface area (Å²) in [5.41, 5.74) is 2.37. The van der Waals surface area contributed by atoms with Gasteiger partial charge in [0, 0.05) is 18.9 Å². The maximum absolute atomic E-state index is 11.4. The van der Waals surface area contributed by atoms with Gasteiger partial charge in [-0.1, -0.05) is 12.1 Å². The molecule has 1 heterocycles. The van der Waals surface area contributed by atoms with E-state index in [2.05, 4.69) is 12.1 Å². The van der Waals surface area contributed by atoms with Crippen LogP contribution in [0.1, 0.15) is 30.5 Å². The Hall–Kier alpha value is -1.00. The van der Waals surface area contributed by atoms with E-state index in [1.807, 2.05) is 17.8 Å². The van der Waals surface area contributed by atoms with Gasteiger partial charge in [-0.15, -0.1) is 11.8 Å². The van der Waals surface area contributed by atoms with Gasteiger partial charge in [-0.3, -0.25) is 4.79 Å². The van der Waals surface area contributed by atoms with Crippen molar-refractivity contribution >= 4 is 17.7 Å². The maximum atomic E-state index is 11.4. The largest absolute Gasteiger partial charge is 0.394 e. The Kier molecular flexibility index (Phi) is 4.30. The molecule has 0 spiro atoms. The second kappa shape index (κ2) is 5.76. The topological polar surface area (TPSA) is 40.5 Å². The average Bonchev–Trinajstić information content (AvgIpc) is 2.39. The molecule has 0 bridgehead atoms. The van der Waals surface area contributed by atoms with Gasteiger partial charge in [0.2, 0.25) is 5.91 Å². The lowest BCUT2D eigenvalue weighted by Gasteiger charge is -2.27. The number of hydrogen-bond donors (Lipinski definition) is 1. The quantitative estimate of drug-likeness (QED) is 0.911. The Balaban J connectivity index is 2.28. The van der Waals surface area contributed by atoms with Crippen molar-refractivity contribution in [3.8, 4) is 0 Å². The number of aliphatic hydroxyl groups excluding tert-OH is 1. The number of rotatable bonds is 3. The monoisotopic (exact) mass is 265 g/mol. The predicted octanol–water partition coefficient (Wildman–Crippen LogP) is 2.24. The number of carbonyl (C=O) groups excluding carboxylic acids is 1. The van der Waals surface area contributed by atoms with E-state index in [1.54, 1.807) is 11.9 Å². The van der Waals surface area contributed by atoms with E-state index in [9.17, 15) is 9.90 Å². The molecule has 0 radical (unpaired) electrons. The van der Waals surface area contributed by atoms with Crippen molar-refractivity contribution in [2.24, 2.45) is 0 Å². The lowest BCUT2D eigenvalue weighted by molar-refractivity contribution is -0.130. The molecule has 0 aromatic heterocycles. The standard InChI is InChI=1S/C14H19NO2S/c1-10(17)15(2)13(9-16)11-5-6-14-12(8-11)4-3-7-18-14/h5-6,8,13,16H,3-4,7,9H2,1-2H3. The number of benzene rings is 1. The van der Waals surface area contributed by atoms with Crippen LogP contribution in [0, 0.1) is 0 Å². The van der Waals surface area contributed by atoms with Crippen LogP contribution in [0.5, 0.6) is 0 Å². The zero-order valence-electron chi connectivity index (χ0n) is 10.8. The molecule has 1 aliphatic rings. The summed E-state index contributed by atoms with van der Waals surface area (Å²) >= 11 is 1.89. The molecule has 1 aromatic carbocycles. The van der Waals surface area contributed by atoms with Crippen molar-refractivity contribution < 1.29 is 9.90 Å². The predicted molar refractivity (Wildman–Crippen MR) is 73.8 cm³/mol. The van der Waals surface area contributed by atoms with Gasteiger partial charge in [-0.2, -0.15) is 0 Å². The minimum atomic E-state index is -0.236. The van der Waals surface area contributed by atoms with Crippen LogP contribution in [0.15, 0.2) is 23.1 Å². The number of aryl methyl sites for hydroxylation is 1. The second-order valence-electron chi connectivity index (χ2n) is 4.65. The zero-order chi connectivity index (χ0) is 13.1. The Morgan fingerprint density at radius 3 is 3.00 bits per heavy atom. The number of nitrogens with zero attached hydrogens (tertiary/aromatic N) is 1. The molecular formula is C14H19NO2S. The highest BCUT2D eigenvalue weighted by Crippen LogP contribution is 2.32. The van der Waals surface area contributed by atoms with Crippen LogP contribution in [-0.4, -0.2) is 35.3 Å². The molecule has 0 aliphatic carbocycles. The van der Waals surface area contributed by atoms with E-state index >= 15 is 0 Å². The highest BCUT2D eigenvalue weighted by molar-refractivity contribution is 7.99. The Morgan fingerprint density at radius 2 is 2.33 bits per heavy atom. The van der Waals surface area contributed by atoms with Crippen molar-refractivity contribution in [2.75, 3.05) is 19.4 Å². The number of aliphatic hydroxyl groups is 1. The van der Waals surface area contributed by atoms with Crippen molar-refractivity contribution in [3.63, 3.8) is 0 Å². The Labute approximate surface area is 112 Å². The molecule has 1 aromatic rings. The van der Waals surface area contributed by atoms with Crippen LogP contribution in [0.2, 0.25) is 0 Å². The van der Waals surface area contributed by atoms with Crippen LogP contribution < -0.4 is 0 Å². The van der Waals surface area contributed by atoms with E-state index in [0.29, 0.717) is 0 Å². The number of fused-ring (bicyclic) bond motifs is 1. The molecule has 1 atom stereocenters. The van der Waals surface area contributed by atoms with E-state index in [0.717, 1.165) is 12.0 Å². The van der Waals surface area contributed by atoms with Gasteiger partial charge >= 0.3 is 0 Å². The van der Waals surface area contributed by atoms with Gasteiger partial charge in [0.05, 0.1) is 12.6 Å². The first-order valence-corrected chi connectivity index (χ1v) is 7.22. The second-order valence-corrected chi connectivity index (χ2v) is 5.78. The third kappa shape index (κ3) is 2.70. The fourth-order valence-electron chi connectivity index (χ4n) is 2.26. The minimum absolute atomic E-state index is 0.0267. The van der Waals surface area contributed by atoms with Crippen LogP contribution in [0.3, 0.4) is 0 Å². The van der Waals surface area contributed by atoms with E-state index in [4.69, 9.17) is 0 Å². The first kappa shape index (κ1) is 13.4. The van der Waals surface area contributed by atoms with Gasteiger partial charge in [-0.25, -0.2) is 0 Å². The summed E-state index contributed by atoms with van der Waals surface area (Å²) in [6, 6.07) is 6.05. The molecule has 0 saturated carbocycles. The van der Waals surface area contributed by atoms with Crippen LogP contribution in [0.4, 0.5) is 0 Å². The van der Waals surface area contributed by atoms with E-state index in [1.165, 1.54) is 29.6 Å². The van der Waals surface area contributed by atoms with Gasteiger partial charge in [-0.05, 0) is 35.8 Å². The van der Waals surface area contributed by atoms with Crippen molar-refractivity contribution in [3.05, 3.63) is 29.3 Å². The highest BCUT2D eigenvalue weighted by Gasteiger charge is 2.20. The first-order chi connectivity index (χ1) is 8.63. The average molecular weight is 265 g/mol. The van der Waals surface area contributed by atoms with Crippen molar-refractivity contribution in [2.45, 2.75) is 30.7 Å². The van der Waals surface area contributed by atoms with E-state index in [-0.39, 0.29) is 18.6 Å². The highest BCUT2D eigenvalue weighted by atomic mass is 32.2. The molecule has 1 aliphatic heterocycles. The summed E-state index contributed by atoms with van der Waals surface area (Å²) in [4.78, 5) is 14.4. The molecule has 0 saturated heterocycles. The molecule has 0 fully saturated rings. The van der Waals surface area contributed by atoms with E-state index < -0.39 is 0 Å². The summed E-state index contributed by atoms with van der Waals surface area (Å²) in [6.45, 7) is 1.49. The number of thioether (sulfide) groups is 1. The van der Waals surface area contributed by atoms with Gasteiger partial charge < -0.3 is 10.0 Å². The van der Waals surface area contributed by atoms with Crippen LogP contribution in [-0.2, 0) is 11.2 Å². The van der Waals surface area contributed by atoms with Crippen LogP contribution in [0.25, 0.3) is 0 Å². The summed E-state index contributed by atoms with van der Waals surface area (Å²) in [7, 11) is 1.73. The fraction of sp³-hybridized carbons (Fsp3) is 0.500. The molecule has 1 N–H and O–H groups in total. The molecule has 3 nitrogen and oxygen atoms in total. The zero-order valence-corrected chi connectivity index (χ0v) is 11.7. The maximum Gasteiger partial charge on any atom is 0.219 e. The molecule has 2 rings (SSSR count). The third-order valence-corrected chi connectivity index (χ3v) is 4.66. The molecule has 1 unspecified atom stereocenters.